The highest BCUT2D eigenvalue weighted by atomic mass is 19.1. The van der Waals surface area contributed by atoms with Crippen molar-refractivity contribution in [1.82, 2.24) is 14.9 Å². The first kappa shape index (κ1) is 15.6. The predicted octanol–water partition coefficient (Wildman–Crippen LogP) is 1.68. The summed E-state index contributed by atoms with van der Waals surface area (Å²) >= 11 is 0. The van der Waals surface area contributed by atoms with Gasteiger partial charge in [-0.15, -0.1) is 0 Å². The normalized spacial score (nSPS) is 18.9. The number of hydrogen-bond acceptors (Lipinski definition) is 6. The third kappa shape index (κ3) is 3.19. The SMILES string of the molecule is O=C(c1cccc2c1OCCO2)N1CC[C@H](Oc2ncc(F)cn2)C1. The van der Waals surface area contributed by atoms with Gasteiger partial charge in [-0.2, -0.15) is 0 Å². The highest BCUT2D eigenvalue weighted by molar-refractivity contribution is 5.98. The molecule has 1 aromatic carbocycles. The first-order chi connectivity index (χ1) is 12.2. The molecule has 0 spiro atoms. The molecule has 4 rings (SSSR count). The highest BCUT2D eigenvalue weighted by Crippen LogP contribution is 2.34. The molecule has 2 aromatic rings. The molecule has 0 saturated carbocycles. The van der Waals surface area contributed by atoms with E-state index in [2.05, 4.69) is 9.97 Å². The van der Waals surface area contributed by atoms with Crippen LogP contribution >= 0.6 is 0 Å². The number of fused-ring (bicyclic) bond motifs is 1. The molecule has 0 bridgehead atoms. The Hall–Kier alpha value is -2.90. The number of carbonyl (C=O) groups excluding carboxylic acids is 1. The minimum atomic E-state index is -0.522. The second-order valence-electron chi connectivity index (χ2n) is 5.79. The lowest BCUT2D eigenvalue weighted by atomic mass is 10.1. The van der Waals surface area contributed by atoms with E-state index in [1.54, 1.807) is 23.1 Å². The van der Waals surface area contributed by atoms with Crippen molar-refractivity contribution in [3.05, 3.63) is 42.0 Å². The van der Waals surface area contributed by atoms with Gasteiger partial charge in [-0.25, -0.2) is 14.4 Å². The Morgan fingerprint density at radius 3 is 2.88 bits per heavy atom. The molecule has 1 atom stereocenters. The standard InChI is InChI=1S/C17H16FN3O4/c18-11-8-19-17(20-9-11)25-12-4-5-21(10-12)16(22)13-2-1-3-14-15(13)24-7-6-23-14/h1-3,8-9,12H,4-7,10H2/t12-/m0/s1. The molecule has 0 unspecified atom stereocenters. The first-order valence-electron chi connectivity index (χ1n) is 8.03. The van der Waals surface area contributed by atoms with E-state index >= 15 is 0 Å². The molecule has 1 fully saturated rings. The third-order valence-corrected chi connectivity index (χ3v) is 4.10. The Kier molecular flexibility index (Phi) is 4.09. The maximum Gasteiger partial charge on any atom is 0.316 e. The van der Waals surface area contributed by atoms with Crippen molar-refractivity contribution in [3.8, 4) is 17.5 Å². The van der Waals surface area contributed by atoms with Crippen LogP contribution in [0.25, 0.3) is 0 Å². The van der Waals surface area contributed by atoms with Crippen molar-refractivity contribution in [2.75, 3.05) is 26.3 Å². The first-order valence-corrected chi connectivity index (χ1v) is 8.03. The third-order valence-electron chi connectivity index (χ3n) is 4.10. The minimum Gasteiger partial charge on any atom is -0.486 e. The van der Waals surface area contributed by atoms with Crippen molar-refractivity contribution < 1.29 is 23.4 Å². The zero-order chi connectivity index (χ0) is 17.2. The Bertz CT molecular complexity index is 784. The van der Waals surface area contributed by atoms with Gasteiger partial charge in [-0.05, 0) is 12.1 Å². The number of hydrogen-bond donors (Lipinski definition) is 0. The monoisotopic (exact) mass is 345 g/mol. The smallest absolute Gasteiger partial charge is 0.316 e. The van der Waals surface area contributed by atoms with E-state index in [0.717, 1.165) is 12.4 Å². The Balaban J connectivity index is 1.45. The van der Waals surface area contributed by atoms with Gasteiger partial charge in [0.15, 0.2) is 17.3 Å². The van der Waals surface area contributed by atoms with Crippen LogP contribution in [0.4, 0.5) is 4.39 Å². The van der Waals surface area contributed by atoms with Crippen LogP contribution < -0.4 is 14.2 Å². The van der Waals surface area contributed by atoms with Gasteiger partial charge in [0.05, 0.1) is 24.5 Å². The fourth-order valence-corrected chi connectivity index (χ4v) is 2.93. The van der Waals surface area contributed by atoms with E-state index in [1.165, 1.54) is 0 Å². The van der Waals surface area contributed by atoms with Crippen molar-refractivity contribution in [3.63, 3.8) is 0 Å². The van der Waals surface area contributed by atoms with Crippen LogP contribution in [0.5, 0.6) is 17.5 Å². The van der Waals surface area contributed by atoms with Gasteiger partial charge < -0.3 is 19.1 Å². The van der Waals surface area contributed by atoms with E-state index in [0.29, 0.717) is 49.8 Å². The zero-order valence-electron chi connectivity index (χ0n) is 13.4. The zero-order valence-corrected chi connectivity index (χ0v) is 13.4. The maximum absolute atomic E-state index is 12.8. The summed E-state index contributed by atoms with van der Waals surface area (Å²) in [7, 11) is 0. The number of carbonyl (C=O) groups is 1. The van der Waals surface area contributed by atoms with Crippen LogP contribution in [0.1, 0.15) is 16.8 Å². The molecule has 0 aliphatic carbocycles. The van der Waals surface area contributed by atoms with Crippen molar-refractivity contribution >= 4 is 5.91 Å². The number of ether oxygens (including phenoxy) is 3. The highest BCUT2D eigenvalue weighted by Gasteiger charge is 2.31. The number of halogens is 1. The summed E-state index contributed by atoms with van der Waals surface area (Å²) in [6.07, 6.45) is 2.52. The molecule has 7 nitrogen and oxygen atoms in total. The average molecular weight is 345 g/mol. The van der Waals surface area contributed by atoms with Crippen molar-refractivity contribution in [2.24, 2.45) is 0 Å². The number of aromatic nitrogens is 2. The molecule has 25 heavy (non-hydrogen) atoms. The predicted molar refractivity (Wildman–Crippen MR) is 84.4 cm³/mol. The molecule has 8 heteroatoms. The topological polar surface area (TPSA) is 73.8 Å². The van der Waals surface area contributed by atoms with Crippen LogP contribution in [-0.4, -0.2) is 53.2 Å². The van der Waals surface area contributed by atoms with Gasteiger partial charge in [-0.1, -0.05) is 6.07 Å². The summed E-state index contributed by atoms with van der Waals surface area (Å²) in [5.74, 6) is 0.425. The van der Waals surface area contributed by atoms with Crippen LogP contribution in [0.3, 0.4) is 0 Å². The van der Waals surface area contributed by atoms with E-state index in [1.807, 2.05) is 0 Å². The number of likely N-dealkylation sites (tertiary alicyclic amines) is 1. The van der Waals surface area contributed by atoms with E-state index in [9.17, 15) is 9.18 Å². The quantitative estimate of drug-likeness (QED) is 0.843. The lowest BCUT2D eigenvalue weighted by Crippen LogP contribution is -2.32. The molecular weight excluding hydrogens is 329 g/mol. The fourth-order valence-electron chi connectivity index (χ4n) is 2.93. The Morgan fingerprint density at radius 2 is 2.04 bits per heavy atom. The lowest BCUT2D eigenvalue weighted by molar-refractivity contribution is 0.0759. The molecule has 0 radical (unpaired) electrons. The van der Waals surface area contributed by atoms with Crippen LogP contribution in [0.15, 0.2) is 30.6 Å². The number of rotatable bonds is 3. The van der Waals surface area contributed by atoms with Crippen molar-refractivity contribution in [2.45, 2.75) is 12.5 Å². The van der Waals surface area contributed by atoms with E-state index in [-0.39, 0.29) is 18.0 Å². The summed E-state index contributed by atoms with van der Waals surface area (Å²) in [6.45, 7) is 1.85. The van der Waals surface area contributed by atoms with Crippen LogP contribution in [-0.2, 0) is 0 Å². The summed E-state index contributed by atoms with van der Waals surface area (Å²) < 4.78 is 29.6. The molecule has 2 aliphatic rings. The van der Waals surface area contributed by atoms with Gasteiger partial charge >= 0.3 is 6.01 Å². The number of para-hydroxylation sites is 1. The molecule has 2 aliphatic heterocycles. The molecule has 1 saturated heterocycles. The summed E-state index contributed by atoms with van der Waals surface area (Å²) in [5, 5.41) is 0. The summed E-state index contributed by atoms with van der Waals surface area (Å²) in [4.78, 5) is 22.1. The number of amides is 1. The number of nitrogens with zero attached hydrogens (tertiary/aromatic N) is 3. The van der Waals surface area contributed by atoms with Gasteiger partial charge in [0.25, 0.3) is 5.91 Å². The van der Waals surface area contributed by atoms with Crippen molar-refractivity contribution in [1.29, 1.82) is 0 Å². The molecular formula is C17H16FN3O4. The minimum absolute atomic E-state index is 0.106. The van der Waals surface area contributed by atoms with Gasteiger partial charge in [0.1, 0.15) is 19.3 Å². The van der Waals surface area contributed by atoms with Crippen LogP contribution in [0.2, 0.25) is 0 Å². The Labute approximate surface area is 143 Å². The number of benzene rings is 1. The van der Waals surface area contributed by atoms with Gasteiger partial charge in [0.2, 0.25) is 0 Å². The second kappa shape index (κ2) is 6.54. The lowest BCUT2D eigenvalue weighted by Gasteiger charge is -2.23. The van der Waals surface area contributed by atoms with E-state index < -0.39 is 5.82 Å². The largest absolute Gasteiger partial charge is 0.486 e. The summed E-state index contributed by atoms with van der Waals surface area (Å²) in [6, 6.07) is 5.40. The second-order valence-corrected chi connectivity index (χ2v) is 5.79. The molecule has 3 heterocycles. The Morgan fingerprint density at radius 1 is 1.24 bits per heavy atom. The molecule has 1 aromatic heterocycles. The maximum atomic E-state index is 12.8. The molecule has 130 valence electrons. The summed E-state index contributed by atoms with van der Waals surface area (Å²) in [5.41, 5.74) is 0.482. The average Bonchev–Trinajstić information content (AvgIpc) is 3.11. The van der Waals surface area contributed by atoms with Crippen LogP contribution in [0, 0.1) is 5.82 Å². The van der Waals surface area contributed by atoms with Gasteiger partial charge in [0, 0.05) is 13.0 Å². The fraction of sp³-hybridized carbons (Fsp3) is 0.353. The molecule has 0 N–H and O–H groups in total. The van der Waals surface area contributed by atoms with Gasteiger partial charge in [-0.3, -0.25) is 4.79 Å². The molecule has 1 amide bonds. The van der Waals surface area contributed by atoms with E-state index in [4.69, 9.17) is 14.2 Å².